The predicted molar refractivity (Wildman–Crippen MR) is 65.3 cm³/mol. The topological polar surface area (TPSA) is 110 Å². The van der Waals surface area contributed by atoms with Crippen molar-refractivity contribution in [3.63, 3.8) is 0 Å². The zero-order chi connectivity index (χ0) is 13.9. The maximum Gasteiger partial charge on any atom is 0.389 e. The Labute approximate surface area is 109 Å². The lowest BCUT2D eigenvalue weighted by Crippen LogP contribution is -2.50. The highest BCUT2D eigenvalue weighted by Gasteiger charge is 2.34. The van der Waals surface area contributed by atoms with Crippen LogP contribution >= 0.6 is 0 Å². The minimum atomic E-state index is -0.611. The Kier molecular flexibility index (Phi) is 3.79. The van der Waals surface area contributed by atoms with Crippen LogP contribution in [-0.2, 0) is 11.3 Å². The molecule has 0 radical (unpaired) electrons. The van der Waals surface area contributed by atoms with Gasteiger partial charge in [-0.25, -0.2) is 0 Å². The Morgan fingerprint density at radius 1 is 1.58 bits per heavy atom. The van der Waals surface area contributed by atoms with Crippen molar-refractivity contribution >= 4 is 11.7 Å². The number of carbonyl (C=O) groups is 1. The Morgan fingerprint density at radius 3 is 2.79 bits per heavy atom. The largest absolute Gasteiger partial charge is 0.394 e. The van der Waals surface area contributed by atoms with Crippen molar-refractivity contribution in [1.82, 2.24) is 15.1 Å². The van der Waals surface area contributed by atoms with Gasteiger partial charge in [-0.2, -0.15) is 4.68 Å². The second-order valence-electron chi connectivity index (χ2n) is 4.82. The summed E-state index contributed by atoms with van der Waals surface area (Å²) in [6, 6.07) is 1.24. The molecule has 8 nitrogen and oxygen atoms in total. The van der Waals surface area contributed by atoms with Crippen LogP contribution in [0.3, 0.4) is 0 Å². The van der Waals surface area contributed by atoms with Gasteiger partial charge in [0, 0.05) is 0 Å². The highest BCUT2D eigenvalue weighted by Crippen LogP contribution is 2.29. The molecule has 0 aliphatic heterocycles. The molecule has 1 aliphatic carbocycles. The molecule has 1 aliphatic rings. The summed E-state index contributed by atoms with van der Waals surface area (Å²) >= 11 is 0. The molecule has 0 saturated heterocycles. The van der Waals surface area contributed by atoms with Crippen LogP contribution in [0, 0.1) is 10.1 Å². The number of rotatable bonds is 5. The molecule has 0 atom stereocenters. The first kappa shape index (κ1) is 13.5. The summed E-state index contributed by atoms with van der Waals surface area (Å²) in [5.74, 6) is -0.584. The molecule has 2 N–H and O–H groups in total. The number of hydrogen-bond donors (Lipinski definition) is 2. The Morgan fingerprint density at radius 2 is 2.26 bits per heavy atom. The van der Waals surface area contributed by atoms with Gasteiger partial charge >= 0.3 is 5.82 Å². The molecule has 1 heterocycles. The summed E-state index contributed by atoms with van der Waals surface area (Å²) in [5.41, 5.74) is -0.532. The molecule has 0 spiro atoms. The third-order valence-corrected chi connectivity index (χ3v) is 3.39. The number of aromatic nitrogens is 2. The fourth-order valence-electron chi connectivity index (χ4n) is 2.39. The Hall–Kier alpha value is -1.96. The van der Waals surface area contributed by atoms with Gasteiger partial charge in [0.25, 0.3) is 0 Å². The second kappa shape index (κ2) is 5.35. The average molecular weight is 268 g/mol. The first-order valence-electron chi connectivity index (χ1n) is 6.14. The number of nitro groups is 1. The van der Waals surface area contributed by atoms with E-state index in [2.05, 4.69) is 10.4 Å². The van der Waals surface area contributed by atoms with Gasteiger partial charge in [0.1, 0.15) is 6.54 Å². The van der Waals surface area contributed by atoms with E-state index in [4.69, 9.17) is 0 Å². The highest BCUT2D eigenvalue weighted by molar-refractivity contribution is 5.76. The van der Waals surface area contributed by atoms with Crippen LogP contribution in [-0.4, -0.2) is 37.9 Å². The molecule has 8 heteroatoms. The van der Waals surface area contributed by atoms with Crippen molar-refractivity contribution in [2.24, 2.45) is 0 Å². The minimum absolute atomic E-state index is 0.0853. The molecule has 1 saturated carbocycles. The molecule has 1 amide bonds. The van der Waals surface area contributed by atoms with Crippen LogP contribution in [0.1, 0.15) is 25.7 Å². The van der Waals surface area contributed by atoms with Gasteiger partial charge in [-0.3, -0.25) is 4.79 Å². The average Bonchev–Trinajstić information content (AvgIpc) is 2.99. The van der Waals surface area contributed by atoms with E-state index >= 15 is 0 Å². The number of nitrogens with one attached hydrogen (secondary N) is 1. The van der Waals surface area contributed by atoms with Crippen LogP contribution in [0.25, 0.3) is 0 Å². The fourth-order valence-corrected chi connectivity index (χ4v) is 2.39. The molecule has 19 heavy (non-hydrogen) atoms. The quantitative estimate of drug-likeness (QED) is 0.586. The van der Waals surface area contributed by atoms with E-state index in [9.17, 15) is 20.0 Å². The van der Waals surface area contributed by atoms with Gasteiger partial charge in [0.15, 0.2) is 0 Å². The lowest BCUT2D eigenvalue weighted by Gasteiger charge is -2.27. The third kappa shape index (κ3) is 3.08. The van der Waals surface area contributed by atoms with E-state index in [1.807, 2.05) is 0 Å². The molecule has 104 valence electrons. The minimum Gasteiger partial charge on any atom is -0.394 e. The summed E-state index contributed by atoms with van der Waals surface area (Å²) < 4.78 is 1.22. The summed E-state index contributed by atoms with van der Waals surface area (Å²) in [7, 11) is 0. The molecule has 0 aromatic carbocycles. The molecule has 0 bridgehead atoms. The number of carbonyl (C=O) groups excluding carboxylic acids is 1. The smallest absolute Gasteiger partial charge is 0.389 e. The first-order chi connectivity index (χ1) is 9.04. The second-order valence-corrected chi connectivity index (χ2v) is 4.82. The summed E-state index contributed by atoms with van der Waals surface area (Å²) in [6.45, 7) is -0.173. The van der Waals surface area contributed by atoms with Gasteiger partial charge in [-0.1, -0.05) is 12.8 Å². The molecule has 2 rings (SSSR count). The lowest BCUT2D eigenvalue weighted by atomic mass is 9.99. The first-order valence-corrected chi connectivity index (χ1v) is 6.14. The summed E-state index contributed by atoms with van der Waals surface area (Å²) in [6.07, 6.45) is 4.86. The maximum atomic E-state index is 11.9. The van der Waals surface area contributed by atoms with Gasteiger partial charge in [-0.15, -0.1) is 0 Å². The monoisotopic (exact) mass is 268 g/mol. The van der Waals surface area contributed by atoms with Crippen molar-refractivity contribution in [3.8, 4) is 0 Å². The van der Waals surface area contributed by atoms with E-state index in [1.165, 1.54) is 16.9 Å². The Balaban J connectivity index is 1.95. The normalized spacial score (nSPS) is 17.3. The van der Waals surface area contributed by atoms with Crippen LogP contribution in [0.2, 0.25) is 0 Å². The molecule has 1 fully saturated rings. The standard InChI is InChI=1S/C11H16N4O4/c16-8-11(4-1-2-5-11)12-10(17)7-14-6-3-9(13-14)15(18)19/h3,6,16H,1-2,4-5,7-8H2,(H,12,17). The van der Waals surface area contributed by atoms with E-state index in [0.29, 0.717) is 0 Å². The van der Waals surface area contributed by atoms with E-state index in [0.717, 1.165) is 25.7 Å². The van der Waals surface area contributed by atoms with Crippen LogP contribution in [0.5, 0.6) is 0 Å². The molecular formula is C11H16N4O4. The number of hydrogen-bond acceptors (Lipinski definition) is 5. The number of aliphatic hydroxyl groups is 1. The number of nitrogens with zero attached hydrogens (tertiary/aromatic N) is 3. The van der Waals surface area contributed by atoms with Crippen LogP contribution < -0.4 is 5.32 Å². The van der Waals surface area contributed by atoms with Crippen molar-refractivity contribution < 1.29 is 14.8 Å². The van der Waals surface area contributed by atoms with Crippen LogP contribution in [0.4, 0.5) is 5.82 Å². The SMILES string of the molecule is O=C(Cn1ccc([N+](=O)[O-])n1)NC1(CO)CCCC1. The zero-order valence-corrected chi connectivity index (χ0v) is 10.4. The highest BCUT2D eigenvalue weighted by atomic mass is 16.6. The predicted octanol–water partition coefficient (Wildman–Crippen LogP) is 0.213. The van der Waals surface area contributed by atoms with Crippen molar-refractivity contribution in [1.29, 1.82) is 0 Å². The fraction of sp³-hybridized carbons (Fsp3) is 0.636. The van der Waals surface area contributed by atoms with Gasteiger partial charge in [0.2, 0.25) is 5.91 Å². The molecule has 1 aromatic heterocycles. The summed E-state index contributed by atoms with van der Waals surface area (Å²) in [4.78, 5) is 21.7. The van der Waals surface area contributed by atoms with Crippen molar-refractivity contribution in [3.05, 3.63) is 22.4 Å². The summed E-state index contributed by atoms with van der Waals surface area (Å²) in [5, 5.41) is 26.3. The Bertz CT molecular complexity index is 479. The van der Waals surface area contributed by atoms with Gasteiger partial charge in [-0.05, 0) is 17.8 Å². The van der Waals surface area contributed by atoms with Crippen molar-refractivity contribution in [2.45, 2.75) is 37.8 Å². The zero-order valence-electron chi connectivity index (χ0n) is 10.4. The molecular weight excluding hydrogens is 252 g/mol. The number of aliphatic hydroxyl groups excluding tert-OH is 1. The third-order valence-electron chi connectivity index (χ3n) is 3.39. The lowest BCUT2D eigenvalue weighted by molar-refractivity contribution is -0.389. The van der Waals surface area contributed by atoms with Crippen molar-refractivity contribution in [2.75, 3.05) is 6.61 Å². The molecule has 0 unspecified atom stereocenters. The van der Waals surface area contributed by atoms with E-state index in [1.54, 1.807) is 0 Å². The van der Waals surface area contributed by atoms with E-state index in [-0.39, 0.29) is 24.9 Å². The van der Waals surface area contributed by atoms with E-state index < -0.39 is 10.5 Å². The number of amides is 1. The van der Waals surface area contributed by atoms with Crippen LogP contribution in [0.15, 0.2) is 12.3 Å². The van der Waals surface area contributed by atoms with Gasteiger partial charge < -0.3 is 20.5 Å². The molecule has 1 aromatic rings. The maximum absolute atomic E-state index is 11.9. The van der Waals surface area contributed by atoms with Gasteiger partial charge in [0.05, 0.1) is 29.5 Å².